The summed E-state index contributed by atoms with van der Waals surface area (Å²) in [4.78, 5) is 0. The maximum Gasteiger partial charge on any atom is 0.137 e. The largest absolute Gasteiger partial charge is 0.495 e. The molecule has 2 nitrogen and oxygen atoms in total. The van der Waals surface area contributed by atoms with Crippen LogP contribution in [0, 0.1) is 0 Å². The van der Waals surface area contributed by atoms with Gasteiger partial charge in [0.25, 0.3) is 0 Å². The Kier molecular flexibility index (Phi) is 4.58. The van der Waals surface area contributed by atoms with Crippen LogP contribution in [0.25, 0.3) is 0 Å². The zero-order valence-electron chi connectivity index (χ0n) is 10.2. The fourth-order valence-corrected chi connectivity index (χ4v) is 2.60. The summed E-state index contributed by atoms with van der Waals surface area (Å²) < 4.78 is 5.11. The van der Waals surface area contributed by atoms with Crippen molar-refractivity contribution in [1.29, 1.82) is 0 Å². The molecule has 0 bridgehead atoms. The van der Waals surface area contributed by atoms with Crippen LogP contribution in [-0.4, -0.2) is 7.11 Å². The van der Waals surface area contributed by atoms with Crippen LogP contribution in [0.3, 0.4) is 0 Å². The molecule has 0 amide bonds. The first-order chi connectivity index (χ1) is 9.02. The lowest BCUT2D eigenvalue weighted by Gasteiger charge is -2.15. The van der Waals surface area contributed by atoms with Gasteiger partial charge in [-0.3, -0.25) is 0 Å². The van der Waals surface area contributed by atoms with E-state index in [1.807, 2.05) is 12.1 Å². The van der Waals surface area contributed by atoms with Crippen molar-refractivity contribution in [3.8, 4) is 5.75 Å². The van der Waals surface area contributed by atoms with Crippen LogP contribution in [0.15, 0.2) is 36.4 Å². The summed E-state index contributed by atoms with van der Waals surface area (Å²) in [5.41, 5.74) is 7.86. The van der Waals surface area contributed by atoms with Gasteiger partial charge in [0.05, 0.1) is 18.2 Å². The van der Waals surface area contributed by atoms with Crippen LogP contribution in [0.1, 0.15) is 17.2 Å². The second-order valence-electron chi connectivity index (χ2n) is 4.04. The molecule has 100 valence electrons. The Morgan fingerprint density at radius 2 is 1.74 bits per heavy atom. The molecule has 0 aliphatic rings. The Morgan fingerprint density at radius 1 is 1.00 bits per heavy atom. The minimum Gasteiger partial charge on any atom is -0.495 e. The molecule has 0 spiro atoms. The first-order valence-electron chi connectivity index (χ1n) is 5.57. The van der Waals surface area contributed by atoms with E-state index in [2.05, 4.69) is 0 Å². The Bertz CT molecular complexity index is 601. The third-order valence-electron chi connectivity index (χ3n) is 2.83. The third kappa shape index (κ3) is 3.15. The standard InChI is InChI=1S/C14H12Cl3NO/c1-19-13-5-2-8(6-12(13)17)14(18)10-4-3-9(15)7-11(10)16/h2-7,14H,18H2,1H3. The topological polar surface area (TPSA) is 35.2 Å². The molecular formula is C14H12Cl3NO. The van der Waals surface area contributed by atoms with Gasteiger partial charge in [-0.25, -0.2) is 0 Å². The minimum atomic E-state index is -0.367. The number of rotatable bonds is 3. The molecule has 2 aromatic carbocycles. The number of halogens is 3. The molecule has 2 rings (SSSR count). The Morgan fingerprint density at radius 3 is 2.32 bits per heavy atom. The van der Waals surface area contributed by atoms with E-state index >= 15 is 0 Å². The highest BCUT2D eigenvalue weighted by atomic mass is 35.5. The summed E-state index contributed by atoms with van der Waals surface area (Å²) >= 11 is 18.1. The maximum absolute atomic E-state index is 6.20. The van der Waals surface area contributed by atoms with Crippen LogP contribution >= 0.6 is 34.8 Å². The fourth-order valence-electron chi connectivity index (χ4n) is 1.81. The fraction of sp³-hybridized carbons (Fsp3) is 0.143. The first kappa shape index (κ1) is 14.5. The molecule has 0 fully saturated rings. The van der Waals surface area contributed by atoms with Crippen LogP contribution < -0.4 is 10.5 Å². The second kappa shape index (κ2) is 6.02. The summed E-state index contributed by atoms with van der Waals surface area (Å²) in [6.45, 7) is 0. The van der Waals surface area contributed by atoms with Gasteiger partial charge in [0.2, 0.25) is 0 Å². The molecule has 5 heteroatoms. The van der Waals surface area contributed by atoms with Gasteiger partial charge in [-0.05, 0) is 35.4 Å². The summed E-state index contributed by atoms with van der Waals surface area (Å²) in [5, 5.41) is 1.63. The van der Waals surface area contributed by atoms with Gasteiger partial charge in [-0.15, -0.1) is 0 Å². The maximum atomic E-state index is 6.20. The average Bonchev–Trinajstić information content (AvgIpc) is 2.38. The van der Waals surface area contributed by atoms with E-state index in [9.17, 15) is 0 Å². The summed E-state index contributed by atoms with van der Waals surface area (Å²) in [7, 11) is 1.57. The Hall–Kier alpha value is -0.930. The normalized spacial score (nSPS) is 12.3. The van der Waals surface area contributed by atoms with E-state index in [1.165, 1.54) is 0 Å². The number of nitrogens with two attached hydrogens (primary N) is 1. The quantitative estimate of drug-likeness (QED) is 0.890. The van der Waals surface area contributed by atoms with E-state index < -0.39 is 0 Å². The lowest BCUT2D eigenvalue weighted by atomic mass is 9.99. The monoisotopic (exact) mass is 315 g/mol. The van der Waals surface area contributed by atoms with Gasteiger partial charge < -0.3 is 10.5 Å². The first-order valence-corrected chi connectivity index (χ1v) is 6.70. The van der Waals surface area contributed by atoms with E-state index in [-0.39, 0.29) is 6.04 Å². The van der Waals surface area contributed by atoms with Gasteiger partial charge in [0, 0.05) is 10.0 Å². The molecule has 0 aromatic heterocycles. The smallest absolute Gasteiger partial charge is 0.137 e. The molecule has 2 aromatic rings. The zero-order valence-corrected chi connectivity index (χ0v) is 12.4. The molecule has 0 aliphatic carbocycles. The van der Waals surface area contributed by atoms with Gasteiger partial charge in [-0.1, -0.05) is 46.9 Å². The highest BCUT2D eigenvalue weighted by molar-refractivity contribution is 6.35. The Labute approximate surface area is 127 Å². The van der Waals surface area contributed by atoms with Gasteiger partial charge in [0.1, 0.15) is 5.75 Å². The van der Waals surface area contributed by atoms with Crippen molar-refractivity contribution in [2.45, 2.75) is 6.04 Å². The lowest BCUT2D eigenvalue weighted by Crippen LogP contribution is -2.12. The van der Waals surface area contributed by atoms with E-state index in [1.54, 1.807) is 31.4 Å². The third-order valence-corrected chi connectivity index (χ3v) is 3.69. The number of hydrogen-bond donors (Lipinski definition) is 1. The minimum absolute atomic E-state index is 0.367. The molecule has 0 saturated carbocycles. The van der Waals surface area contributed by atoms with Crippen LogP contribution in [0.2, 0.25) is 15.1 Å². The SMILES string of the molecule is COc1ccc(C(N)c2ccc(Cl)cc2Cl)cc1Cl. The van der Waals surface area contributed by atoms with Crippen molar-refractivity contribution in [2.24, 2.45) is 5.73 Å². The van der Waals surface area contributed by atoms with Crippen molar-refractivity contribution in [1.82, 2.24) is 0 Å². The molecule has 0 heterocycles. The van der Waals surface area contributed by atoms with Crippen molar-refractivity contribution >= 4 is 34.8 Å². The van der Waals surface area contributed by atoms with Crippen LogP contribution in [-0.2, 0) is 0 Å². The molecule has 0 aliphatic heterocycles. The number of methoxy groups -OCH3 is 1. The van der Waals surface area contributed by atoms with Crippen molar-refractivity contribution in [2.75, 3.05) is 7.11 Å². The molecule has 0 radical (unpaired) electrons. The van der Waals surface area contributed by atoms with Crippen molar-refractivity contribution in [3.63, 3.8) is 0 Å². The predicted octanol–water partition coefficient (Wildman–Crippen LogP) is 4.70. The van der Waals surface area contributed by atoms with Gasteiger partial charge in [-0.2, -0.15) is 0 Å². The highest BCUT2D eigenvalue weighted by Gasteiger charge is 2.14. The van der Waals surface area contributed by atoms with Crippen molar-refractivity contribution in [3.05, 3.63) is 62.6 Å². The van der Waals surface area contributed by atoms with Crippen molar-refractivity contribution < 1.29 is 4.74 Å². The lowest BCUT2D eigenvalue weighted by molar-refractivity contribution is 0.415. The summed E-state index contributed by atoms with van der Waals surface area (Å²) in [5.74, 6) is 0.611. The molecule has 2 N–H and O–H groups in total. The van der Waals surface area contributed by atoms with Gasteiger partial charge in [0.15, 0.2) is 0 Å². The summed E-state index contributed by atoms with van der Waals surface area (Å²) in [6.07, 6.45) is 0. The molecule has 1 atom stereocenters. The van der Waals surface area contributed by atoms with E-state index in [0.717, 1.165) is 11.1 Å². The van der Waals surface area contributed by atoms with E-state index in [4.69, 9.17) is 45.3 Å². The number of ether oxygens (including phenoxy) is 1. The summed E-state index contributed by atoms with van der Waals surface area (Å²) in [6, 6.07) is 10.3. The molecule has 19 heavy (non-hydrogen) atoms. The number of benzene rings is 2. The van der Waals surface area contributed by atoms with Gasteiger partial charge >= 0.3 is 0 Å². The predicted molar refractivity (Wildman–Crippen MR) is 80.5 cm³/mol. The second-order valence-corrected chi connectivity index (χ2v) is 5.29. The zero-order chi connectivity index (χ0) is 14.0. The average molecular weight is 317 g/mol. The van der Waals surface area contributed by atoms with Crippen LogP contribution in [0.5, 0.6) is 5.75 Å². The molecular weight excluding hydrogens is 305 g/mol. The Balaban J connectivity index is 2.38. The number of hydrogen-bond acceptors (Lipinski definition) is 2. The molecule has 1 unspecified atom stereocenters. The van der Waals surface area contributed by atoms with E-state index in [0.29, 0.717) is 20.8 Å². The molecule has 0 saturated heterocycles. The van der Waals surface area contributed by atoms with Crippen LogP contribution in [0.4, 0.5) is 0 Å². The highest BCUT2D eigenvalue weighted by Crippen LogP contribution is 2.32.